The minimum Gasteiger partial charge on any atom is -0.376 e. The normalized spacial score (nSPS) is 16.6. The standard InChI is InChI=1S/C18H13ClF3N3O4S/c1-2-12-16-23-13-7-6-9(29-30(27,28)18(20,21)22)8-14(13)25(16)15-10(17(26)24-12)4-3-5-11(15)19/h3-8,12H,2H2,1H3,(H,24,26). The summed E-state index contributed by atoms with van der Waals surface area (Å²) < 4.78 is 66.6. The Labute approximate surface area is 173 Å². The van der Waals surface area contributed by atoms with Gasteiger partial charge in [-0.1, -0.05) is 24.6 Å². The van der Waals surface area contributed by atoms with Crippen LogP contribution in [-0.2, 0) is 10.1 Å². The summed E-state index contributed by atoms with van der Waals surface area (Å²) in [6.45, 7) is 1.83. The number of alkyl halides is 3. The predicted molar refractivity (Wildman–Crippen MR) is 102 cm³/mol. The average molecular weight is 460 g/mol. The lowest BCUT2D eigenvalue weighted by molar-refractivity contribution is -0.0500. The summed E-state index contributed by atoms with van der Waals surface area (Å²) in [7, 11) is -5.85. The Kier molecular flexibility index (Phi) is 4.70. The van der Waals surface area contributed by atoms with E-state index in [1.807, 2.05) is 6.92 Å². The van der Waals surface area contributed by atoms with Gasteiger partial charge in [-0.05, 0) is 30.7 Å². The number of halogens is 4. The number of nitrogens with one attached hydrogen (secondary N) is 1. The Bertz CT molecular complexity index is 1290. The molecule has 2 aromatic carbocycles. The van der Waals surface area contributed by atoms with E-state index in [1.165, 1.54) is 10.6 Å². The van der Waals surface area contributed by atoms with Gasteiger partial charge in [0, 0.05) is 6.07 Å². The van der Waals surface area contributed by atoms with Crippen LogP contribution >= 0.6 is 11.6 Å². The van der Waals surface area contributed by atoms with Crippen LogP contribution in [0.2, 0.25) is 5.02 Å². The number of nitrogens with zero attached hydrogens (tertiary/aromatic N) is 2. The molecule has 1 amide bonds. The van der Waals surface area contributed by atoms with Crippen molar-refractivity contribution in [2.45, 2.75) is 24.9 Å². The molecular formula is C18H13ClF3N3O4S. The summed E-state index contributed by atoms with van der Waals surface area (Å²) in [6.07, 6.45) is 0.479. The van der Waals surface area contributed by atoms with Gasteiger partial charge in [0.1, 0.15) is 11.6 Å². The molecule has 0 bridgehead atoms. The van der Waals surface area contributed by atoms with Gasteiger partial charge in [0.05, 0.1) is 33.3 Å². The summed E-state index contributed by atoms with van der Waals surface area (Å²) in [5.41, 5.74) is -4.43. The molecule has 0 saturated carbocycles. The van der Waals surface area contributed by atoms with Crippen molar-refractivity contribution in [3.05, 3.63) is 52.8 Å². The van der Waals surface area contributed by atoms with Gasteiger partial charge in [0.2, 0.25) is 0 Å². The van der Waals surface area contributed by atoms with Crippen molar-refractivity contribution in [3.63, 3.8) is 0 Å². The third-order valence-electron chi connectivity index (χ3n) is 4.62. The van der Waals surface area contributed by atoms with E-state index in [4.69, 9.17) is 11.6 Å². The maximum atomic E-state index is 12.7. The fourth-order valence-electron chi connectivity index (χ4n) is 3.28. The Hall–Kier alpha value is -2.79. The molecule has 1 aliphatic heterocycles. The number of carbonyl (C=O) groups is 1. The summed E-state index contributed by atoms with van der Waals surface area (Å²) >= 11 is 6.36. The predicted octanol–water partition coefficient (Wildman–Crippen LogP) is 4.10. The summed E-state index contributed by atoms with van der Waals surface area (Å²) in [5, 5.41) is 3.06. The van der Waals surface area contributed by atoms with Gasteiger partial charge in [0.25, 0.3) is 5.91 Å². The monoisotopic (exact) mass is 459 g/mol. The first-order chi connectivity index (χ1) is 14.0. The molecule has 30 heavy (non-hydrogen) atoms. The second-order valence-electron chi connectivity index (χ2n) is 6.51. The van der Waals surface area contributed by atoms with E-state index in [0.29, 0.717) is 23.4 Å². The first-order valence-corrected chi connectivity index (χ1v) is 10.4. The second kappa shape index (κ2) is 6.88. The molecule has 1 N–H and O–H groups in total. The fourth-order valence-corrected chi connectivity index (χ4v) is 3.99. The van der Waals surface area contributed by atoms with Gasteiger partial charge < -0.3 is 9.50 Å². The molecular weight excluding hydrogens is 447 g/mol. The molecule has 1 unspecified atom stereocenters. The van der Waals surface area contributed by atoms with Crippen molar-refractivity contribution in [3.8, 4) is 11.4 Å². The Balaban J connectivity index is 1.99. The molecule has 3 aromatic rings. The smallest absolute Gasteiger partial charge is 0.376 e. The number of amides is 1. The van der Waals surface area contributed by atoms with Crippen molar-refractivity contribution in [2.75, 3.05) is 0 Å². The van der Waals surface area contributed by atoms with E-state index in [9.17, 15) is 26.4 Å². The molecule has 1 aliphatic rings. The summed E-state index contributed by atoms with van der Waals surface area (Å²) in [5.74, 6) is -0.527. The van der Waals surface area contributed by atoms with Crippen LogP contribution in [0.3, 0.4) is 0 Å². The fraction of sp³-hybridized carbons (Fsp3) is 0.222. The zero-order chi connectivity index (χ0) is 21.8. The van der Waals surface area contributed by atoms with E-state index in [2.05, 4.69) is 14.5 Å². The van der Waals surface area contributed by atoms with Crippen molar-refractivity contribution < 1.29 is 30.6 Å². The summed E-state index contributed by atoms with van der Waals surface area (Å²) in [4.78, 5) is 17.1. The number of para-hydroxylation sites is 1. The molecule has 0 aliphatic carbocycles. The van der Waals surface area contributed by atoms with Crippen LogP contribution in [-0.4, -0.2) is 29.4 Å². The van der Waals surface area contributed by atoms with Crippen molar-refractivity contribution in [1.29, 1.82) is 0 Å². The van der Waals surface area contributed by atoms with Crippen LogP contribution in [0.1, 0.15) is 35.6 Å². The van der Waals surface area contributed by atoms with Crippen LogP contribution in [0.15, 0.2) is 36.4 Å². The van der Waals surface area contributed by atoms with Crippen LogP contribution in [0.4, 0.5) is 13.2 Å². The molecule has 1 atom stereocenters. The highest BCUT2D eigenvalue weighted by Gasteiger charge is 2.48. The lowest BCUT2D eigenvalue weighted by Gasteiger charge is -2.14. The molecule has 158 valence electrons. The largest absolute Gasteiger partial charge is 0.534 e. The molecule has 7 nitrogen and oxygen atoms in total. The minimum absolute atomic E-state index is 0.217. The minimum atomic E-state index is -5.85. The van der Waals surface area contributed by atoms with E-state index in [-0.39, 0.29) is 22.0 Å². The van der Waals surface area contributed by atoms with Crippen molar-refractivity contribution in [2.24, 2.45) is 0 Å². The first-order valence-electron chi connectivity index (χ1n) is 8.66. The topological polar surface area (TPSA) is 90.3 Å². The average Bonchev–Trinajstić information content (AvgIpc) is 2.97. The third kappa shape index (κ3) is 3.18. The van der Waals surface area contributed by atoms with Crippen LogP contribution in [0, 0.1) is 0 Å². The molecule has 0 saturated heterocycles. The Morgan fingerprint density at radius 2 is 2.00 bits per heavy atom. The van der Waals surface area contributed by atoms with Crippen molar-refractivity contribution >= 4 is 38.7 Å². The lowest BCUT2D eigenvalue weighted by Crippen LogP contribution is -2.28. The number of hydrogen-bond acceptors (Lipinski definition) is 5. The zero-order valence-corrected chi connectivity index (χ0v) is 16.8. The van der Waals surface area contributed by atoms with Gasteiger partial charge in [-0.15, -0.1) is 0 Å². The second-order valence-corrected chi connectivity index (χ2v) is 8.45. The number of carbonyl (C=O) groups excluding carboxylic acids is 1. The number of hydrogen-bond donors (Lipinski definition) is 1. The Morgan fingerprint density at radius 1 is 1.27 bits per heavy atom. The van der Waals surface area contributed by atoms with E-state index in [0.717, 1.165) is 12.1 Å². The molecule has 0 spiro atoms. The molecule has 2 heterocycles. The number of rotatable bonds is 3. The van der Waals surface area contributed by atoms with Gasteiger partial charge in [-0.3, -0.25) is 9.36 Å². The molecule has 12 heteroatoms. The van der Waals surface area contributed by atoms with E-state index < -0.39 is 27.4 Å². The van der Waals surface area contributed by atoms with E-state index >= 15 is 0 Å². The van der Waals surface area contributed by atoms with Crippen LogP contribution in [0.25, 0.3) is 16.7 Å². The summed E-state index contributed by atoms with van der Waals surface area (Å²) in [6, 6.07) is 7.73. The van der Waals surface area contributed by atoms with Gasteiger partial charge >= 0.3 is 15.6 Å². The van der Waals surface area contributed by atoms with Gasteiger partial charge in [-0.2, -0.15) is 21.6 Å². The quantitative estimate of drug-likeness (QED) is 0.470. The highest BCUT2D eigenvalue weighted by Crippen LogP contribution is 2.37. The van der Waals surface area contributed by atoms with Crippen LogP contribution in [0.5, 0.6) is 5.75 Å². The van der Waals surface area contributed by atoms with Gasteiger partial charge in [-0.25, -0.2) is 4.98 Å². The van der Waals surface area contributed by atoms with Crippen LogP contribution < -0.4 is 9.50 Å². The third-order valence-corrected chi connectivity index (χ3v) is 5.91. The number of imidazole rings is 1. The van der Waals surface area contributed by atoms with Gasteiger partial charge in [0.15, 0.2) is 0 Å². The highest BCUT2D eigenvalue weighted by molar-refractivity contribution is 7.88. The molecule has 1 aromatic heterocycles. The maximum Gasteiger partial charge on any atom is 0.534 e. The highest BCUT2D eigenvalue weighted by atomic mass is 35.5. The maximum absolute atomic E-state index is 12.7. The SMILES string of the molecule is CCC1NC(=O)c2cccc(Cl)c2-n2c1nc1ccc(OS(=O)(=O)C(F)(F)F)cc12. The lowest BCUT2D eigenvalue weighted by atomic mass is 10.1. The molecule has 0 fully saturated rings. The number of aromatic nitrogens is 2. The van der Waals surface area contributed by atoms with Crippen molar-refractivity contribution in [1.82, 2.24) is 14.9 Å². The first kappa shape index (κ1) is 20.5. The van der Waals surface area contributed by atoms with E-state index in [1.54, 1.807) is 18.2 Å². The number of benzene rings is 2. The molecule has 0 radical (unpaired) electrons. The zero-order valence-electron chi connectivity index (χ0n) is 15.2. The Morgan fingerprint density at radius 3 is 2.67 bits per heavy atom. The molecule has 4 rings (SSSR count). The number of fused-ring (bicyclic) bond motifs is 5.